The molecular weight excluding hydrogens is 283 g/mol. The summed E-state index contributed by atoms with van der Waals surface area (Å²) in [5.41, 5.74) is -4.39. The Morgan fingerprint density at radius 1 is 1.30 bits per heavy atom. The van der Waals surface area contributed by atoms with Crippen LogP contribution in [-0.2, 0) is 5.60 Å². The number of nitrogens with zero attached hydrogens (tertiary/aromatic N) is 1. The Labute approximate surface area is 111 Å². The third kappa shape index (κ3) is 2.93. The number of nitro groups is 1. The topological polar surface area (TPSA) is 81.8 Å². The van der Waals surface area contributed by atoms with E-state index in [1.54, 1.807) is 0 Å². The molecule has 1 aromatic carbocycles. The summed E-state index contributed by atoms with van der Waals surface area (Å²) in [7, 11) is 2.38. The minimum Gasteiger partial charge on any atom is -0.497 e. The van der Waals surface area contributed by atoms with Gasteiger partial charge >= 0.3 is 6.18 Å². The highest BCUT2D eigenvalue weighted by Crippen LogP contribution is 2.43. The second-order valence-corrected chi connectivity index (χ2v) is 3.92. The number of hydrogen-bond donors (Lipinski definition) is 1. The van der Waals surface area contributed by atoms with Crippen LogP contribution in [-0.4, -0.2) is 37.0 Å². The molecule has 0 heterocycles. The molecule has 0 fully saturated rings. The van der Waals surface area contributed by atoms with Gasteiger partial charge in [-0.1, -0.05) is 0 Å². The third-order valence-electron chi connectivity index (χ3n) is 2.68. The Kier molecular flexibility index (Phi) is 4.43. The van der Waals surface area contributed by atoms with E-state index in [4.69, 9.17) is 9.47 Å². The SMILES string of the molecule is COc1ccc(C(O)(C[N+](=O)[O-])C(F)(F)F)c(OC)c1. The zero-order valence-corrected chi connectivity index (χ0v) is 10.6. The third-order valence-corrected chi connectivity index (χ3v) is 2.68. The Hall–Kier alpha value is -2.03. The molecule has 0 saturated carbocycles. The van der Waals surface area contributed by atoms with Crippen LogP contribution in [0.15, 0.2) is 18.2 Å². The molecule has 0 spiro atoms. The van der Waals surface area contributed by atoms with Crippen molar-refractivity contribution >= 4 is 0 Å². The van der Waals surface area contributed by atoms with Crippen molar-refractivity contribution in [3.8, 4) is 11.5 Å². The molecule has 0 amide bonds. The van der Waals surface area contributed by atoms with Crippen LogP contribution < -0.4 is 9.47 Å². The molecule has 1 atom stereocenters. The summed E-state index contributed by atoms with van der Waals surface area (Å²) in [5, 5.41) is 20.2. The van der Waals surface area contributed by atoms with Crippen LogP contribution >= 0.6 is 0 Å². The van der Waals surface area contributed by atoms with Crippen molar-refractivity contribution in [3.05, 3.63) is 33.9 Å². The van der Waals surface area contributed by atoms with Crippen molar-refractivity contribution < 1.29 is 32.7 Å². The van der Waals surface area contributed by atoms with E-state index in [9.17, 15) is 28.4 Å². The monoisotopic (exact) mass is 295 g/mol. The smallest absolute Gasteiger partial charge is 0.428 e. The standard InChI is InChI=1S/C11H12F3NO5/c1-19-7-3-4-8(9(5-7)20-2)10(16,6-15(17)18)11(12,13)14/h3-5,16H,6H2,1-2H3. The van der Waals surface area contributed by atoms with Gasteiger partial charge in [-0.05, 0) is 12.1 Å². The van der Waals surface area contributed by atoms with Gasteiger partial charge in [0.25, 0.3) is 5.60 Å². The van der Waals surface area contributed by atoms with E-state index in [0.29, 0.717) is 0 Å². The number of benzene rings is 1. The minimum atomic E-state index is -5.23. The molecule has 0 aliphatic rings. The second-order valence-electron chi connectivity index (χ2n) is 3.92. The van der Waals surface area contributed by atoms with E-state index in [2.05, 4.69) is 0 Å². The van der Waals surface area contributed by atoms with Gasteiger partial charge in [-0.15, -0.1) is 0 Å². The molecule has 112 valence electrons. The second kappa shape index (κ2) is 5.53. The molecule has 0 radical (unpaired) electrons. The maximum atomic E-state index is 13.0. The van der Waals surface area contributed by atoms with Crippen LogP contribution in [0.25, 0.3) is 0 Å². The van der Waals surface area contributed by atoms with Crippen molar-refractivity contribution in [1.29, 1.82) is 0 Å². The normalized spacial score (nSPS) is 14.5. The number of aliphatic hydroxyl groups is 1. The number of halogens is 3. The molecule has 0 bridgehead atoms. The Balaban J connectivity index is 3.45. The first-order valence-corrected chi connectivity index (χ1v) is 5.29. The molecule has 1 rings (SSSR count). The molecule has 9 heteroatoms. The van der Waals surface area contributed by atoms with Gasteiger partial charge in [-0.2, -0.15) is 13.2 Å². The fourth-order valence-corrected chi connectivity index (χ4v) is 1.65. The number of hydrogen-bond acceptors (Lipinski definition) is 5. The maximum Gasteiger partial charge on any atom is 0.428 e. The molecule has 1 aromatic rings. The average molecular weight is 295 g/mol. The Morgan fingerprint density at radius 3 is 2.30 bits per heavy atom. The first kappa shape index (κ1) is 16.0. The van der Waals surface area contributed by atoms with Crippen molar-refractivity contribution in [2.24, 2.45) is 0 Å². The highest BCUT2D eigenvalue weighted by molar-refractivity contribution is 5.44. The molecule has 1 N–H and O–H groups in total. The first-order valence-electron chi connectivity index (χ1n) is 5.29. The quantitative estimate of drug-likeness (QED) is 0.661. The van der Waals surface area contributed by atoms with E-state index in [1.807, 2.05) is 0 Å². The largest absolute Gasteiger partial charge is 0.497 e. The van der Waals surface area contributed by atoms with E-state index >= 15 is 0 Å². The molecule has 1 unspecified atom stereocenters. The van der Waals surface area contributed by atoms with E-state index < -0.39 is 28.8 Å². The molecule has 6 nitrogen and oxygen atoms in total. The predicted octanol–water partition coefficient (Wildman–Crippen LogP) is 1.73. The van der Waals surface area contributed by atoms with Crippen LogP contribution in [0.3, 0.4) is 0 Å². The van der Waals surface area contributed by atoms with Crippen LogP contribution in [0.1, 0.15) is 5.56 Å². The zero-order valence-electron chi connectivity index (χ0n) is 10.6. The van der Waals surface area contributed by atoms with Crippen molar-refractivity contribution in [1.82, 2.24) is 0 Å². The predicted molar refractivity (Wildman–Crippen MR) is 61.4 cm³/mol. The van der Waals surface area contributed by atoms with Gasteiger partial charge in [0.2, 0.25) is 6.54 Å². The lowest BCUT2D eigenvalue weighted by molar-refractivity contribution is -0.519. The Morgan fingerprint density at radius 2 is 1.90 bits per heavy atom. The molecule has 0 saturated heterocycles. The number of methoxy groups -OCH3 is 2. The summed E-state index contributed by atoms with van der Waals surface area (Å²) < 4.78 is 48.6. The highest BCUT2D eigenvalue weighted by Gasteiger charge is 2.60. The van der Waals surface area contributed by atoms with E-state index in [1.165, 1.54) is 7.11 Å². The van der Waals surface area contributed by atoms with Gasteiger partial charge in [0.15, 0.2) is 0 Å². The van der Waals surface area contributed by atoms with Crippen molar-refractivity contribution in [2.75, 3.05) is 20.8 Å². The first-order chi connectivity index (χ1) is 9.15. The molecule has 20 heavy (non-hydrogen) atoms. The van der Waals surface area contributed by atoms with Crippen molar-refractivity contribution in [3.63, 3.8) is 0 Å². The summed E-state index contributed by atoms with van der Waals surface area (Å²) in [5.74, 6) is -0.165. The van der Waals surface area contributed by atoms with Crippen LogP contribution in [0.2, 0.25) is 0 Å². The number of alkyl halides is 3. The van der Waals surface area contributed by atoms with E-state index in [-0.39, 0.29) is 11.5 Å². The average Bonchev–Trinajstić information content (AvgIpc) is 2.35. The van der Waals surface area contributed by atoms with Crippen LogP contribution in [0.4, 0.5) is 13.2 Å². The fourth-order valence-electron chi connectivity index (χ4n) is 1.65. The summed E-state index contributed by atoms with van der Waals surface area (Å²) in [6, 6.07) is 3.13. The molecule has 0 aliphatic carbocycles. The zero-order chi connectivity index (χ0) is 15.6. The maximum absolute atomic E-state index is 13.0. The minimum absolute atomic E-state index is 0.191. The lowest BCUT2D eigenvalue weighted by Crippen LogP contribution is -2.48. The summed E-state index contributed by atoms with van der Waals surface area (Å²) in [4.78, 5) is 9.20. The van der Waals surface area contributed by atoms with Crippen molar-refractivity contribution in [2.45, 2.75) is 11.8 Å². The van der Waals surface area contributed by atoms with Gasteiger partial charge < -0.3 is 14.6 Å². The highest BCUT2D eigenvalue weighted by atomic mass is 19.4. The van der Waals surface area contributed by atoms with Crippen LogP contribution in [0, 0.1) is 10.1 Å². The lowest BCUT2D eigenvalue weighted by Gasteiger charge is -2.28. The molecular formula is C11H12F3NO5. The summed E-state index contributed by atoms with van der Waals surface area (Å²) >= 11 is 0. The van der Waals surface area contributed by atoms with Gasteiger partial charge in [0.05, 0.1) is 14.2 Å². The van der Waals surface area contributed by atoms with E-state index in [0.717, 1.165) is 25.3 Å². The number of rotatable bonds is 5. The summed E-state index contributed by atoms with van der Waals surface area (Å²) in [6.45, 7) is -1.72. The van der Waals surface area contributed by atoms with Gasteiger partial charge in [0.1, 0.15) is 11.5 Å². The van der Waals surface area contributed by atoms with Crippen LogP contribution in [0.5, 0.6) is 11.5 Å². The number of ether oxygens (including phenoxy) is 2. The summed E-state index contributed by atoms with van der Waals surface area (Å²) in [6.07, 6.45) is -5.23. The molecule has 0 aromatic heterocycles. The molecule has 0 aliphatic heterocycles. The van der Waals surface area contributed by atoms with Gasteiger partial charge in [-0.3, -0.25) is 10.1 Å². The Bertz CT molecular complexity index is 505. The lowest BCUT2D eigenvalue weighted by atomic mass is 9.92. The van der Waals surface area contributed by atoms with Gasteiger partial charge in [-0.25, -0.2) is 0 Å². The van der Waals surface area contributed by atoms with Gasteiger partial charge in [0, 0.05) is 16.6 Å². The fraction of sp³-hybridized carbons (Fsp3) is 0.455.